The molecule has 0 aromatic carbocycles. The van der Waals surface area contributed by atoms with E-state index in [1.165, 1.54) is 38.5 Å². The normalized spacial score (nSPS) is 21.4. The first-order valence-electron chi connectivity index (χ1n) is 6.44. The average Bonchev–Trinajstić information content (AvgIpc) is 2.24. The maximum atomic E-state index is 11.6. The van der Waals surface area contributed by atoms with E-state index in [-0.39, 0.29) is 4.75 Å². The van der Waals surface area contributed by atoms with Crippen LogP contribution in [0.3, 0.4) is 0 Å². The van der Waals surface area contributed by atoms with E-state index in [9.17, 15) is 4.21 Å². The summed E-state index contributed by atoms with van der Waals surface area (Å²) in [5.41, 5.74) is 0. The average molecular weight is 243 g/mol. The van der Waals surface area contributed by atoms with Gasteiger partial charge < -0.3 is 0 Å². The van der Waals surface area contributed by atoms with Gasteiger partial charge >= 0.3 is 0 Å². The lowest BCUT2D eigenvalue weighted by Crippen LogP contribution is -2.19. The van der Waals surface area contributed by atoms with Crippen molar-refractivity contribution in [3.63, 3.8) is 0 Å². The van der Waals surface area contributed by atoms with E-state index >= 15 is 0 Å². The van der Waals surface area contributed by atoms with Crippen molar-refractivity contribution in [3.05, 3.63) is 0 Å². The fourth-order valence-corrected chi connectivity index (χ4v) is 2.62. The van der Waals surface area contributed by atoms with Crippen LogP contribution < -0.4 is 0 Å². The lowest BCUT2D eigenvalue weighted by atomic mass is 9.86. The second-order valence-corrected chi connectivity index (χ2v) is 7.66. The van der Waals surface area contributed by atoms with Crippen LogP contribution in [0, 0.1) is 5.92 Å². The van der Waals surface area contributed by atoms with Gasteiger partial charge in [-0.3, -0.25) is 0 Å². The van der Waals surface area contributed by atoms with E-state index in [0.717, 1.165) is 12.3 Å². The first-order chi connectivity index (χ1) is 7.50. The van der Waals surface area contributed by atoms with E-state index in [0.29, 0.717) is 0 Å². The molecule has 0 aromatic heterocycles. The molecule has 1 fully saturated rings. The molecule has 0 aromatic rings. The summed E-state index contributed by atoms with van der Waals surface area (Å²) < 4.78 is 15.5. The number of hydrogen-bond donors (Lipinski definition) is 0. The van der Waals surface area contributed by atoms with Crippen LogP contribution >= 0.6 is 0 Å². The Morgan fingerprint density at radius 1 is 1.25 bits per heavy atom. The molecular weight excluding hydrogens is 218 g/mol. The van der Waals surface area contributed by atoms with Crippen LogP contribution in [0.4, 0.5) is 0 Å². The fraction of sp³-hybridized carbons (Fsp3) is 0.923. The number of hydrogen-bond acceptors (Lipinski definition) is 1. The molecule has 16 heavy (non-hydrogen) atoms. The van der Waals surface area contributed by atoms with Crippen molar-refractivity contribution < 1.29 is 4.21 Å². The summed E-state index contributed by atoms with van der Waals surface area (Å²) in [4.78, 5) is 0. The number of rotatable bonds is 4. The molecule has 0 aliphatic heterocycles. The maximum absolute atomic E-state index is 11.6. The van der Waals surface area contributed by atoms with Crippen LogP contribution in [0.1, 0.15) is 65.7 Å². The highest BCUT2D eigenvalue weighted by atomic mass is 32.2. The Kier molecular flexibility index (Phi) is 5.67. The zero-order valence-electron chi connectivity index (χ0n) is 10.9. The molecule has 0 heterocycles. The molecule has 1 aliphatic rings. The van der Waals surface area contributed by atoms with Gasteiger partial charge in [-0.05, 0) is 39.5 Å². The van der Waals surface area contributed by atoms with Gasteiger partial charge in [-0.1, -0.05) is 32.1 Å². The molecule has 94 valence electrons. The Labute approximate surface area is 103 Å². The summed E-state index contributed by atoms with van der Waals surface area (Å²) in [7, 11) is -1.07. The van der Waals surface area contributed by atoms with E-state index < -0.39 is 11.0 Å². The Morgan fingerprint density at radius 3 is 2.44 bits per heavy atom. The zero-order valence-corrected chi connectivity index (χ0v) is 11.7. The molecule has 0 saturated heterocycles. The Hall–Kier alpha value is -0.180. The van der Waals surface area contributed by atoms with Gasteiger partial charge in [0.1, 0.15) is 11.0 Å². The molecule has 0 bridgehead atoms. The van der Waals surface area contributed by atoms with Crippen LogP contribution in [0.5, 0.6) is 0 Å². The van der Waals surface area contributed by atoms with Gasteiger partial charge in [0.25, 0.3) is 0 Å². The highest BCUT2D eigenvalue weighted by Crippen LogP contribution is 2.26. The smallest absolute Gasteiger partial charge is 0.144 e. The zero-order chi connectivity index (χ0) is 12.0. The quantitative estimate of drug-likeness (QED) is 0.689. The minimum atomic E-state index is -1.07. The lowest BCUT2D eigenvalue weighted by molar-refractivity contribution is 0.344. The molecule has 0 N–H and O–H groups in total. The van der Waals surface area contributed by atoms with Gasteiger partial charge in [-0.2, -0.15) is 4.40 Å². The van der Waals surface area contributed by atoms with Crippen molar-refractivity contribution in [3.8, 4) is 0 Å². The SMILES string of the molecule is CC(C)(C)S(=O)N=CCCC1CCCCC1. The van der Waals surface area contributed by atoms with Gasteiger partial charge in [0.2, 0.25) is 0 Å². The van der Waals surface area contributed by atoms with Crippen molar-refractivity contribution in [2.45, 2.75) is 70.5 Å². The third-order valence-corrected chi connectivity index (χ3v) is 4.51. The van der Waals surface area contributed by atoms with Gasteiger partial charge in [0, 0.05) is 6.21 Å². The topological polar surface area (TPSA) is 29.4 Å². The molecule has 1 rings (SSSR count). The Bertz CT molecular complexity index is 249. The standard InChI is InChI=1S/C13H25NOS/c1-13(2,3)16(15)14-11-7-10-12-8-5-4-6-9-12/h11-12H,4-10H2,1-3H3. The summed E-state index contributed by atoms with van der Waals surface area (Å²) >= 11 is 0. The van der Waals surface area contributed by atoms with Crippen LogP contribution in [-0.4, -0.2) is 15.2 Å². The molecule has 1 atom stereocenters. The molecule has 3 heteroatoms. The minimum Gasteiger partial charge on any atom is -0.234 e. The molecule has 0 radical (unpaired) electrons. The first-order valence-corrected chi connectivity index (χ1v) is 7.55. The molecule has 1 aliphatic carbocycles. The van der Waals surface area contributed by atoms with Crippen molar-refractivity contribution >= 4 is 17.2 Å². The molecule has 2 nitrogen and oxygen atoms in total. The minimum absolute atomic E-state index is 0.221. The third-order valence-electron chi connectivity index (χ3n) is 3.12. The summed E-state index contributed by atoms with van der Waals surface area (Å²) in [6.07, 6.45) is 11.1. The van der Waals surface area contributed by atoms with E-state index in [2.05, 4.69) is 4.40 Å². The van der Waals surface area contributed by atoms with Crippen molar-refractivity contribution in [1.82, 2.24) is 0 Å². The maximum Gasteiger partial charge on any atom is 0.144 e. The van der Waals surface area contributed by atoms with Crippen LogP contribution in [0.25, 0.3) is 0 Å². The molecule has 1 saturated carbocycles. The van der Waals surface area contributed by atoms with E-state index in [1.54, 1.807) is 0 Å². The van der Waals surface area contributed by atoms with Gasteiger partial charge in [-0.25, -0.2) is 4.21 Å². The monoisotopic (exact) mass is 243 g/mol. The van der Waals surface area contributed by atoms with Crippen LogP contribution in [0.15, 0.2) is 4.40 Å². The Balaban J connectivity index is 2.19. The van der Waals surface area contributed by atoms with Crippen molar-refractivity contribution in [1.29, 1.82) is 0 Å². The number of nitrogens with zero attached hydrogens (tertiary/aromatic N) is 1. The highest BCUT2D eigenvalue weighted by molar-refractivity contribution is 7.85. The summed E-state index contributed by atoms with van der Waals surface area (Å²) in [5.74, 6) is 0.892. The van der Waals surface area contributed by atoms with Crippen LogP contribution in [0.2, 0.25) is 0 Å². The van der Waals surface area contributed by atoms with Gasteiger partial charge in [0.15, 0.2) is 0 Å². The predicted molar refractivity (Wildman–Crippen MR) is 72.2 cm³/mol. The first kappa shape index (κ1) is 13.9. The molecule has 0 amide bonds. The summed E-state index contributed by atoms with van der Waals surface area (Å²) in [6.45, 7) is 5.88. The summed E-state index contributed by atoms with van der Waals surface area (Å²) in [6, 6.07) is 0. The predicted octanol–water partition coefficient (Wildman–Crippen LogP) is 3.88. The molecular formula is C13H25NOS. The highest BCUT2D eigenvalue weighted by Gasteiger charge is 2.18. The summed E-state index contributed by atoms with van der Waals surface area (Å²) in [5, 5.41) is 0. The second-order valence-electron chi connectivity index (χ2n) is 5.73. The van der Waals surface area contributed by atoms with Crippen molar-refractivity contribution in [2.75, 3.05) is 0 Å². The van der Waals surface area contributed by atoms with Gasteiger partial charge in [0.05, 0.1) is 4.75 Å². The van der Waals surface area contributed by atoms with E-state index in [4.69, 9.17) is 0 Å². The molecule has 1 unspecified atom stereocenters. The molecule has 0 spiro atoms. The van der Waals surface area contributed by atoms with E-state index in [1.807, 2.05) is 27.0 Å². The third kappa shape index (κ3) is 5.24. The van der Waals surface area contributed by atoms with Crippen molar-refractivity contribution in [2.24, 2.45) is 10.3 Å². The lowest BCUT2D eigenvalue weighted by Gasteiger charge is -2.20. The fourth-order valence-electron chi connectivity index (χ4n) is 2.06. The van der Waals surface area contributed by atoms with Gasteiger partial charge in [-0.15, -0.1) is 0 Å². The largest absolute Gasteiger partial charge is 0.234 e. The Morgan fingerprint density at radius 2 is 1.88 bits per heavy atom. The van der Waals surface area contributed by atoms with Crippen LogP contribution in [-0.2, 0) is 11.0 Å². The second kappa shape index (κ2) is 6.53.